The van der Waals surface area contributed by atoms with Crippen LogP contribution in [-0.2, 0) is 6.61 Å². The third-order valence-electron chi connectivity index (χ3n) is 2.57. The van der Waals surface area contributed by atoms with Crippen LogP contribution in [0.1, 0.15) is 25.6 Å². The number of aromatic nitrogens is 2. The molecule has 0 spiro atoms. The maximum Gasteiger partial charge on any atom is 0.200 e. The van der Waals surface area contributed by atoms with E-state index in [0.717, 1.165) is 5.69 Å². The Balaban J connectivity index is 2.04. The molecule has 0 amide bonds. The number of aromatic hydroxyl groups is 1. The van der Waals surface area contributed by atoms with Crippen LogP contribution in [-0.4, -0.2) is 14.7 Å². The van der Waals surface area contributed by atoms with Crippen molar-refractivity contribution >= 4 is 5.95 Å². The minimum atomic E-state index is 0.180. The second-order valence-electron chi connectivity index (χ2n) is 4.38. The number of imidazole rings is 1. The molecular formula is C13H17N3O2. The van der Waals surface area contributed by atoms with Crippen LogP contribution in [0.3, 0.4) is 0 Å². The Kier molecular flexibility index (Phi) is 3.41. The van der Waals surface area contributed by atoms with Crippen LogP contribution in [0.5, 0.6) is 11.5 Å². The van der Waals surface area contributed by atoms with Crippen molar-refractivity contribution in [1.29, 1.82) is 0 Å². The van der Waals surface area contributed by atoms with E-state index in [1.807, 2.05) is 24.6 Å². The number of rotatable bonds is 4. The van der Waals surface area contributed by atoms with Crippen LogP contribution in [0, 0.1) is 0 Å². The van der Waals surface area contributed by atoms with E-state index in [2.05, 4.69) is 4.98 Å². The smallest absolute Gasteiger partial charge is 0.200 e. The molecule has 0 saturated carbocycles. The van der Waals surface area contributed by atoms with Crippen molar-refractivity contribution in [2.75, 3.05) is 5.73 Å². The molecule has 0 radical (unpaired) electrons. The zero-order chi connectivity index (χ0) is 13.1. The molecule has 1 aromatic carbocycles. The second kappa shape index (κ2) is 5.00. The minimum absolute atomic E-state index is 0.180. The highest BCUT2D eigenvalue weighted by molar-refractivity contribution is 5.32. The molecule has 96 valence electrons. The maximum atomic E-state index is 9.31. The van der Waals surface area contributed by atoms with Gasteiger partial charge in [0.1, 0.15) is 18.1 Å². The van der Waals surface area contributed by atoms with Gasteiger partial charge in [-0.3, -0.25) is 0 Å². The first-order valence-corrected chi connectivity index (χ1v) is 5.81. The van der Waals surface area contributed by atoms with Crippen molar-refractivity contribution in [2.45, 2.75) is 26.5 Å². The van der Waals surface area contributed by atoms with Crippen LogP contribution in [0.4, 0.5) is 5.95 Å². The Morgan fingerprint density at radius 3 is 2.83 bits per heavy atom. The molecule has 0 atom stereocenters. The summed E-state index contributed by atoms with van der Waals surface area (Å²) in [5.41, 5.74) is 6.56. The van der Waals surface area contributed by atoms with Gasteiger partial charge in [-0.25, -0.2) is 4.98 Å². The maximum absolute atomic E-state index is 9.31. The summed E-state index contributed by atoms with van der Waals surface area (Å²) in [4.78, 5) is 4.22. The molecule has 0 aliphatic heterocycles. The van der Waals surface area contributed by atoms with Gasteiger partial charge in [0.2, 0.25) is 5.95 Å². The van der Waals surface area contributed by atoms with Gasteiger partial charge < -0.3 is 20.1 Å². The van der Waals surface area contributed by atoms with Gasteiger partial charge >= 0.3 is 0 Å². The van der Waals surface area contributed by atoms with Crippen LogP contribution in [0.25, 0.3) is 0 Å². The van der Waals surface area contributed by atoms with Crippen molar-refractivity contribution in [1.82, 2.24) is 9.55 Å². The average molecular weight is 247 g/mol. The molecule has 1 aromatic heterocycles. The Hall–Kier alpha value is -2.17. The van der Waals surface area contributed by atoms with Gasteiger partial charge in [0, 0.05) is 18.3 Å². The number of hydrogen-bond acceptors (Lipinski definition) is 4. The monoisotopic (exact) mass is 247 g/mol. The topological polar surface area (TPSA) is 73.3 Å². The molecule has 18 heavy (non-hydrogen) atoms. The fourth-order valence-electron chi connectivity index (χ4n) is 1.67. The average Bonchev–Trinajstić information content (AvgIpc) is 2.68. The predicted molar refractivity (Wildman–Crippen MR) is 69.5 cm³/mol. The largest absolute Gasteiger partial charge is 0.508 e. The van der Waals surface area contributed by atoms with E-state index in [-0.39, 0.29) is 11.8 Å². The Morgan fingerprint density at radius 2 is 2.22 bits per heavy atom. The highest BCUT2D eigenvalue weighted by atomic mass is 16.5. The van der Waals surface area contributed by atoms with E-state index in [1.54, 1.807) is 24.3 Å². The molecule has 0 fully saturated rings. The van der Waals surface area contributed by atoms with Gasteiger partial charge in [0.05, 0.1) is 5.69 Å². The van der Waals surface area contributed by atoms with E-state index in [4.69, 9.17) is 10.5 Å². The summed E-state index contributed by atoms with van der Waals surface area (Å²) in [6.07, 6.45) is 1.88. The first-order chi connectivity index (χ1) is 8.56. The van der Waals surface area contributed by atoms with Crippen molar-refractivity contribution in [3.8, 4) is 11.5 Å². The number of benzene rings is 1. The van der Waals surface area contributed by atoms with Gasteiger partial charge in [0.25, 0.3) is 0 Å². The van der Waals surface area contributed by atoms with Gasteiger partial charge in [-0.1, -0.05) is 6.07 Å². The van der Waals surface area contributed by atoms with E-state index in [0.29, 0.717) is 18.3 Å². The Morgan fingerprint density at radius 1 is 1.44 bits per heavy atom. The lowest BCUT2D eigenvalue weighted by atomic mass is 10.3. The first kappa shape index (κ1) is 12.3. The number of nitrogens with two attached hydrogens (primary N) is 1. The molecule has 0 unspecified atom stereocenters. The molecule has 0 bridgehead atoms. The Labute approximate surface area is 106 Å². The zero-order valence-electron chi connectivity index (χ0n) is 10.5. The molecular weight excluding hydrogens is 230 g/mol. The van der Waals surface area contributed by atoms with E-state index >= 15 is 0 Å². The number of phenols is 1. The molecule has 2 rings (SSSR count). The normalized spacial score (nSPS) is 10.8. The summed E-state index contributed by atoms with van der Waals surface area (Å²) < 4.78 is 7.42. The van der Waals surface area contributed by atoms with Crippen molar-refractivity contribution in [3.05, 3.63) is 36.2 Å². The standard InChI is InChI=1S/C13H17N3O2/c1-9(2)16-7-10(15-13(16)14)8-18-12-5-3-4-11(17)6-12/h3-7,9,17H,8H2,1-2H3,(H2,14,15). The quantitative estimate of drug-likeness (QED) is 0.869. The number of nitrogen functional groups attached to an aromatic ring is 1. The molecule has 5 nitrogen and oxygen atoms in total. The number of anilines is 1. The third-order valence-corrected chi connectivity index (χ3v) is 2.57. The fraction of sp³-hybridized carbons (Fsp3) is 0.308. The van der Waals surface area contributed by atoms with Crippen LogP contribution >= 0.6 is 0 Å². The minimum Gasteiger partial charge on any atom is -0.508 e. The fourth-order valence-corrected chi connectivity index (χ4v) is 1.67. The molecule has 0 aliphatic carbocycles. The van der Waals surface area contributed by atoms with Crippen molar-refractivity contribution in [3.63, 3.8) is 0 Å². The van der Waals surface area contributed by atoms with Gasteiger partial charge in [-0.2, -0.15) is 0 Å². The molecule has 0 aliphatic rings. The molecule has 5 heteroatoms. The van der Waals surface area contributed by atoms with Crippen LogP contribution < -0.4 is 10.5 Å². The zero-order valence-corrected chi connectivity index (χ0v) is 10.5. The van der Waals surface area contributed by atoms with Gasteiger partial charge in [-0.15, -0.1) is 0 Å². The lowest BCUT2D eigenvalue weighted by Gasteiger charge is -2.07. The molecule has 0 saturated heterocycles. The summed E-state index contributed by atoms with van der Waals surface area (Å²) in [6.45, 7) is 4.41. The third kappa shape index (κ3) is 2.74. The van der Waals surface area contributed by atoms with E-state index in [9.17, 15) is 5.11 Å². The number of hydrogen-bond donors (Lipinski definition) is 2. The Bertz CT molecular complexity index is 535. The summed E-state index contributed by atoms with van der Waals surface area (Å²) in [6, 6.07) is 6.93. The summed E-state index contributed by atoms with van der Waals surface area (Å²) in [7, 11) is 0. The molecule has 2 aromatic rings. The molecule has 1 heterocycles. The number of ether oxygens (including phenoxy) is 1. The highest BCUT2D eigenvalue weighted by Gasteiger charge is 2.08. The van der Waals surface area contributed by atoms with Crippen molar-refractivity contribution in [2.24, 2.45) is 0 Å². The SMILES string of the molecule is CC(C)n1cc(COc2cccc(O)c2)nc1N. The number of nitrogens with zero attached hydrogens (tertiary/aromatic N) is 2. The first-order valence-electron chi connectivity index (χ1n) is 5.81. The summed E-state index contributed by atoms with van der Waals surface area (Å²) in [5.74, 6) is 1.27. The second-order valence-corrected chi connectivity index (χ2v) is 4.38. The van der Waals surface area contributed by atoms with Gasteiger partial charge in [-0.05, 0) is 26.0 Å². The summed E-state index contributed by atoms with van der Waals surface area (Å²) >= 11 is 0. The lowest BCUT2D eigenvalue weighted by molar-refractivity contribution is 0.300. The highest BCUT2D eigenvalue weighted by Crippen LogP contribution is 2.19. The van der Waals surface area contributed by atoms with Gasteiger partial charge in [0.15, 0.2) is 0 Å². The number of phenolic OH excluding ortho intramolecular Hbond substituents is 1. The lowest BCUT2D eigenvalue weighted by Crippen LogP contribution is -2.03. The predicted octanol–water partition coefficient (Wildman–Crippen LogP) is 2.33. The molecule has 3 N–H and O–H groups in total. The van der Waals surface area contributed by atoms with Crippen molar-refractivity contribution < 1.29 is 9.84 Å². The van der Waals surface area contributed by atoms with Crippen LogP contribution in [0.15, 0.2) is 30.5 Å². The van der Waals surface area contributed by atoms with Crippen LogP contribution in [0.2, 0.25) is 0 Å². The van der Waals surface area contributed by atoms with E-state index in [1.165, 1.54) is 0 Å². The van der Waals surface area contributed by atoms with E-state index < -0.39 is 0 Å². The summed E-state index contributed by atoms with van der Waals surface area (Å²) in [5, 5.41) is 9.31.